The van der Waals surface area contributed by atoms with E-state index in [1.165, 1.54) is 0 Å². The Balaban J connectivity index is 1.62. The van der Waals surface area contributed by atoms with Gasteiger partial charge in [0.15, 0.2) is 0 Å². The van der Waals surface area contributed by atoms with E-state index in [1.807, 2.05) is 12.1 Å². The fourth-order valence-corrected chi connectivity index (χ4v) is 2.90. The summed E-state index contributed by atoms with van der Waals surface area (Å²) in [4.78, 5) is 12.2. The minimum absolute atomic E-state index is 0.0375. The summed E-state index contributed by atoms with van der Waals surface area (Å²) in [5.41, 5.74) is 6.85. The molecular formula is C16H18N2O2. The lowest BCUT2D eigenvalue weighted by molar-refractivity contribution is 0.0841. The lowest BCUT2D eigenvalue weighted by Gasteiger charge is -2.20. The van der Waals surface area contributed by atoms with Crippen molar-refractivity contribution in [2.24, 2.45) is 5.73 Å². The highest BCUT2D eigenvalue weighted by atomic mass is 16.5. The van der Waals surface area contributed by atoms with E-state index in [0.717, 1.165) is 24.8 Å². The normalized spacial score (nSPS) is 26.9. The summed E-state index contributed by atoms with van der Waals surface area (Å²) in [6, 6.07) is 7.44. The molecule has 1 aromatic carbocycles. The Hall–Kier alpha value is -1.83. The predicted octanol–water partition coefficient (Wildman–Crippen LogP) is 1.05. The van der Waals surface area contributed by atoms with Gasteiger partial charge in [-0.15, -0.1) is 0 Å². The van der Waals surface area contributed by atoms with Gasteiger partial charge in [-0.25, -0.2) is 0 Å². The third-order valence-corrected chi connectivity index (χ3v) is 3.90. The Labute approximate surface area is 118 Å². The standard InChI is InChI=1S/C16H18N2O2/c17-9-1-2-11-3-5-12(6-4-11)16(19)18-14-10-13-7-8-15(14)20-13/h3-6,13-15H,7-10,17H2,(H,18,19). The van der Waals surface area contributed by atoms with Crippen molar-refractivity contribution in [3.63, 3.8) is 0 Å². The summed E-state index contributed by atoms with van der Waals surface area (Å²) >= 11 is 0. The second kappa shape index (κ2) is 5.66. The van der Waals surface area contributed by atoms with E-state index in [0.29, 0.717) is 18.2 Å². The molecule has 104 valence electrons. The predicted molar refractivity (Wildman–Crippen MR) is 76.1 cm³/mol. The molecule has 4 nitrogen and oxygen atoms in total. The molecule has 2 bridgehead atoms. The van der Waals surface area contributed by atoms with Crippen LogP contribution >= 0.6 is 0 Å². The molecule has 3 N–H and O–H groups in total. The van der Waals surface area contributed by atoms with Gasteiger partial charge in [0, 0.05) is 11.1 Å². The van der Waals surface area contributed by atoms with E-state index >= 15 is 0 Å². The van der Waals surface area contributed by atoms with Crippen molar-refractivity contribution in [2.75, 3.05) is 6.54 Å². The van der Waals surface area contributed by atoms with E-state index < -0.39 is 0 Å². The van der Waals surface area contributed by atoms with Gasteiger partial charge in [0.1, 0.15) is 0 Å². The van der Waals surface area contributed by atoms with Crippen molar-refractivity contribution < 1.29 is 9.53 Å². The smallest absolute Gasteiger partial charge is 0.251 e. The molecule has 20 heavy (non-hydrogen) atoms. The zero-order valence-electron chi connectivity index (χ0n) is 11.3. The third kappa shape index (κ3) is 2.69. The number of amides is 1. The van der Waals surface area contributed by atoms with Gasteiger partial charge in [0.05, 0.1) is 24.8 Å². The van der Waals surface area contributed by atoms with Crippen molar-refractivity contribution in [3.05, 3.63) is 35.4 Å². The van der Waals surface area contributed by atoms with Gasteiger partial charge in [0.25, 0.3) is 5.91 Å². The first-order chi connectivity index (χ1) is 9.76. The minimum Gasteiger partial charge on any atom is -0.373 e. The van der Waals surface area contributed by atoms with Crippen LogP contribution in [0.3, 0.4) is 0 Å². The number of rotatable bonds is 2. The number of benzene rings is 1. The maximum atomic E-state index is 12.2. The van der Waals surface area contributed by atoms with Gasteiger partial charge in [-0.05, 0) is 43.5 Å². The molecule has 3 rings (SSSR count). The molecule has 2 heterocycles. The van der Waals surface area contributed by atoms with Gasteiger partial charge in [-0.2, -0.15) is 0 Å². The van der Waals surface area contributed by atoms with Crippen LogP contribution in [0.5, 0.6) is 0 Å². The molecule has 0 aromatic heterocycles. The maximum Gasteiger partial charge on any atom is 0.251 e. The van der Waals surface area contributed by atoms with Crippen molar-refractivity contribution in [2.45, 2.75) is 37.5 Å². The van der Waals surface area contributed by atoms with E-state index in [4.69, 9.17) is 10.5 Å². The van der Waals surface area contributed by atoms with Crippen molar-refractivity contribution in [3.8, 4) is 11.8 Å². The largest absolute Gasteiger partial charge is 0.373 e. The van der Waals surface area contributed by atoms with Crippen LogP contribution in [0.4, 0.5) is 0 Å². The molecule has 2 aliphatic rings. The van der Waals surface area contributed by atoms with Crippen LogP contribution < -0.4 is 11.1 Å². The topological polar surface area (TPSA) is 64.4 Å². The third-order valence-electron chi connectivity index (χ3n) is 3.90. The average Bonchev–Trinajstić information content (AvgIpc) is 3.08. The number of ether oxygens (including phenoxy) is 1. The Morgan fingerprint density at radius 3 is 2.75 bits per heavy atom. The molecule has 2 fully saturated rings. The van der Waals surface area contributed by atoms with Crippen molar-refractivity contribution in [1.29, 1.82) is 0 Å². The molecule has 1 amide bonds. The summed E-state index contributed by atoms with van der Waals surface area (Å²) in [6.45, 7) is 0.340. The summed E-state index contributed by atoms with van der Waals surface area (Å²) in [7, 11) is 0. The SMILES string of the molecule is NCC#Cc1ccc(C(=O)NC2CC3CCC2O3)cc1. The van der Waals surface area contributed by atoms with Crippen molar-refractivity contribution >= 4 is 5.91 Å². The van der Waals surface area contributed by atoms with E-state index in [1.54, 1.807) is 12.1 Å². The van der Waals surface area contributed by atoms with Crippen LogP contribution in [0.2, 0.25) is 0 Å². The van der Waals surface area contributed by atoms with Crippen molar-refractivity contribution in [1.82, 2.24) is 5.32 Å². The first-order valence-corrected chi connectivity index (χ1v) is 7.01. The van der Waals surface area contributed by atoms with E-state index in [9.17, 15) is 4.79 Å². The number of hydrogen-bond donors (Lipinski definition) is 2. The van der Waals surface area contributed by atoms with Gasteiger partial charge >= 0.3 is 0 Å². The van der Waals surface area contributed by atoms with Crippen LogP contribution in [0.15, 0.2) is 24.3 Å². The molecule has 0 radical (unpaired) electrons. The summed E-state index contributed by atoms with van der Waals surface area (Å²) in [5.74, 6) is 5.69. The number of nitrogens with one attached hydrogen (secondary N) is 1. The first-order valence-electron chi connectivity index (χ1n) is 7.01. The fraction of sp³-hybridized carbons (Fsp3) is 0.438. The lowest BCUT2D eigenvalue weighted by Crippen LogP contribution is -2.41. The zero-order valence-corrected chi connectivity index (χ0v) is 11.3. The molecule has 2 aliphatic heterocycles. The van der Waals surface area contributed by atoms with Crippen LogP contribution in [0.1, 0.15) is 35.2 Å². The first kappa shape index (κ1) is 13.2. The molecule has 0 saturated carbocycles. The Kier molecular flexibility index (Phi) is 3.72. The fourth-order valence-electron chi connectivity index (χ4n) is 2.90. The van der Waals surface area contributed by atoms with Crippen LogP contribution in [-0.4, -0.2) is 30.7 Å². The second-order valence-electron chi connectivity index (χ2n) is 5.27. The van der Waals surface area contributed by atoms with Crippen LogP contribution in [0, 0.1) is 11.8 Å². The highest BCUT2D eigenvalue weighted by Gasteiger charge is 2.41. The zero-order chi connectivity index (χ0) is 13.9. The highest BCUT2D eigenvalue weighted by molar-refractivity contribution is 5.94. The number of carbonyl (C=O) groups is 1. The number of nitrogens with two attached hydrogens (primary N) is 1. The van der Waals surface area contributed by atoms with Gasteiger partial charge in [0.2, 0.25) is 0 Å². The Bertz CT molecular complexity index is 556. The summed E-state index contributed by atoms with van der Waals surface area (Å²) in [5, 5.41) is 3.07. The van der Waals surface area contributed by atoms with Gasteiger partial charge < -0.3 is 15.8 Å². The number of fused-ring (bicyclic) bond motifs is 2. The van der Waals surface area contributed by atoms with Crippen LogP contribution in [0.25, 0.3) is 0 Å². The molecular weight excluding hydrogens is 252 g/mol. The minimum atomic E-state index is -0.0375. The lowest BCUT2D eigenvalue weighted by atomic mass is 9.95. The quantitative estimate of drug-likeness (QED) is 0.789. The highest BCUT2D eigenvalue weighted by Crippen LogP contribution is 2.34. The number of hydrogen-bond acceptors (Lipinski definition) is 3. The van der Waals surface area contributed by atoms with Gasteiger partial charge in [-0.3, -0.25) is 4.79 Å². The molecule has 0 spiro atoms. The maximum absolute atomic E-state index is 12.2. The molecule has 0 aliphatic carbocycles. The number of carbonyl (C=O) groups excluding carboxylic acids is 1. The van der Waals surface area contributed by atoms with Gasteiger partial charge in [-0.1, -0.05) is 11.8 Å². The van der Waals surface area contributed by atoms with E-state index in [2.05, 4.69) is 17.2 Å². The molecule has 4 heteroatoms. The second-order valence-corrected chi connectivity index (χ2v) is 5.27. The van der Waals surface area contributed by atoms with E-state index in [-0.39, 0.29) is 18.1 Å². The molecule has 2 saturated heterocycles. The Morgan fingerprint density at radius 1 is 1.35 bits per heavy atom. The average molecular weight is 270 g/mol. The summed E-state index contributed by atoms with van der Waals surface area (Å²) < 4.78 is 5.74. The molecule has 1 aromatic rings. The van der Waals surface area contributed by atoms with Crippen LogP contribution in [-0.2, 0) is 4.74 Å². The Morgan fingerprint density at radius 2 is 2.15 bits per heavy atom. The monoisotopic (exact) mass is 270 g/mol. The summed E-state index contributed by atoms with van der Waals surface area (Å²) in [6.07, 6.45) is 3.68. The molecule has 3 unspecified atom stereocenters. The molecule has 3 atom stereocenters.